The molecule has 0 saturated heterocycles. The van der Waals surface area contributed by atoms with E-state index in [1.165, 1.54) is 4.68 Å². The van der Waals surface area contributed by atoms with Crippen LogP contribution in [-0.4, -0.2) is 50.6 Å². The quantitative estimate of drug-likeness (QED) is 0.770. The van der Waals surface area contributed by atoms with Crippen molar-refractivity contribution < 1.29 is 15.0 Å². The van der Waals surface area contributed by atoms with Gasteiger partial charge in [-0.1, -0.05) is 6.92 Å². The highest BCUT2D eigenvalue weighted by Crippen LogP contribution is 2.22. The number of aliphatic hydroxyl groups excluding tert-OH is 1. The molecule has 17 heavy (non-hydrogen) atoms. The first-order valence-corrected chi connectivity index (χ1v) is 5.82. The van der Waals surface area contributed by atoms with Crippen molar-refractivity contribution in [3.63, 3.8) is 0 Å². The second-order valence-electron chi connectivity index (χ2n) is 4.14. The van der Waals surface area contributed by atoms with Crippen LogP contribution in [0.5, 0.6) is 0 Å². The molecule has 0 saturated carbocycles. The topological polar surface area (TPSA) is 78.6 Å². The fourth-order valence-electron chi connectivity index (χ4n) is 2.26. The van der Waals surface area contributed by atoms with Gasteiger partial charge < -0.3 is 10.2 Å². The van der Waals surface area contributed by atoms with Gasteiger partial charge in [0, 0.05) is 18.7 Å². The van der Waals surface area contributed by atoms with Crippen molar-refractivity contribution in [1.29, 1.82) is 0 Å². The Morgan fingerprint density at radius 3 is 2.88 bits per heavy atom. The number of fused-ring (bicyclic) bond motifs is 1. The lowest BCUT2D eigenvalue weighted by Crippen LogP contribution is -2.30. The Bertz CT molecular complexity index is 428. The molecule has 0 bridgehead atoms. The molecular formula is C11H17N3O3. The molecule has 0 fully saturated rings. The molecule has 1 aliphatic rings. The second kappa shape index (κ2) is 4.85. The van der Waals surface area contributed by atoms with E-state index in [0.717, 1.165) is 30.8 Å². The molecule has 0 atom stereocenters. The summed E-state index contributed by atoms with van der Waals surface area (Å²) >= 11 is 0. The fourth-order valence-corrected chi connectivity index (χ4v) is 2.26. The summed E-state index contributed by atoms with van der Waals surface area (Å²) < 4.78 is 1.41. The zero-order valence-electron chi connectivity index (χ0n) is 9.89. The first-order valence-electron chi connectivity index (χ1n) is 5.82. The van der Waals surface area contributed by atoms with Crippen molar-refractivity contribution >= 4 is 5.97 Å². The molecule has 0 amide bonds. The summed E-state index contributed by atoms with van der Waals surface area (Å²) in [6.07, 6.45) is 0.718. The van der Waals surface area contributed by atoms with Crippen LogP contribution in [0.25, 0.3) is 0 Å². The molecular weight excluding hydrogens is 222 g/mol. The molecule has 1 aliphatic heterocycles. The number of nitrogens with zero attached hydrogens (tertiary/aromatic N) is 3. The molecule has 0 radical (unpaired) electrons. The largest absolute Gasteiger partial charge is 0.477 e. The summed E-state index contributed by atoms with van der Waals surface area (Å²) in [7, 11) is 0. The molecule has 0 aliphatic carbocycles. The zero-order chi connectivity index (χ0) is 12.4. The Kier molecular flexibility index (Phi) is 3.44. The van der Waals surface area contributed by atoms with E-state index in [0.29, 0.717) is 6.54 Å². The number of rotatable bonds is 4. The molecule has 0 aromatic carbocycles. The van der Waals surface area contributed by atoms with Gasteiger partial charge in [-0.3, -0.25) is 9.58 Å². The highest BCUT2D eigenvalue weighted by atomic mass is 16.4. The van der Waals surface area contributed by atoms with Crippen LogP contribution in [0.3, 0.4) is 0 Å². The van der Waals surface area contributed by atoms with Gasteiger partial charge in [0.05, 0.1) is 18.8 Å². The molecule has 0 spiro atoms. The van der Waals surface area contributed by atoms with Crippen molar-refractivity contribution in [2.45, 2.75) is 26.4 Å². The number of aromatic nitrogens is 2. The van der Waals surface area contributed by atoms with E-state index in [9.17, 15) is 9.90 Å². The Labute approximate surface area is 99.5 Å². The Morgan fingerprint density at radius 2 is 2.29 bits per heavy atom. The van der Waals surface area contributed by atoms with Gasteiger partial charge in [0.15, 0.2) is 0 Å². The minimum absolute atomic E-state index is 0.0989. The smallest absolute Gasteiger partial charge is 0.354 e. The van der Waals surface area contributed by atoms with E-state index >= 15 is 0 Å². The number of likely N-dealkylation sites (N-methyl/N-ethyl adjacent to an activating group) is 1. The highest BCUT2D eigenvalue weighted by molar-refractivity contribution is 5.87. The van der Waals surface area contributed by atoms with E-state index in [1.54, 1.807) is 0 Å². The van der Waals surface area contributed by atoms with Crippen LogP contribution in [0.2, 0.25) is 0 Å². The van der Waals surface area contributed by atoms with Gasteiger partial charge >= 0.3 is 5.97 Å². The summed E-state index contributed by atoms with van der Waals surface area (Å²) in [5, 5.41) is 22.4. The molecule has 1 aromatic rings. The number of carbonyl (C=O) groups is 1. The highest BCUT2D eigenvalue weighted by Gasteiger charge is 2.26. The van der Waals surface area contributed by atoms with E-state index in [-0.39, 0.29) is 18.8 Å². The van der Waals surface area contributed by atoms with E-state index in [4.69, 9.17) is 5.11 Å². The van der Waals surface area contributed by atoms with Crippen LogP contribution in [-0.2, 0) is 19.5 Å². The van der Waals surface area contributed by atoms with Crippen LogP contribution < -0.4 is 0 Å². The number of carboxylic acid groups (broad SMARTS) is 1. The summed E-state index contributed by atoms with van der Waals surface area (Å²) in [6.45, 7) is 4.72. The van der Waals surface area contributed by atoms with E-state index in [1.807, 2.05) is 0 Å². The van der Waals surface area contributed by atoms with Gasteiger partial charge in [0.25, 0.3) is 0 Å². The number of hydrogen-bond acceptors (Lipinski definition) is 4. The predicted octanol–water partition coefficient (Wildman–Crippen LogP) is -0.0484. The third-order valence-electron chi connectivity index (χ3n) is 3.15. The first kappa shape index (κ1) is 12.1. The number of aliphatic hydroxyl groups is 1. The van der Waals surface area contributed by atoms with Crippen LogP contribution in [0.15, 0.2) is 0 Å². The van der Waals surface area contributed by atoms with Crippen molar-refractivity contribution in [1.82, 2.24) is 14.7 Å². The van der Waals surface area contributed by atoms with Crippen LogP contribution >= 0.6 is 0 Å². The van der Waals surface area contributed by atoms with Gasteiger partial charge in [-0.2, -0.15) is 5.10 Å². The second-order valence-corrected chi connectivity index (χ2v) is 4.14. The van der Waals surface area contributed by atoms with Gasteiger partial charge in [0.1, 0.15) is 5.69 Å². The maximum atomic E-state index is 11.2. The fraction of sp³-hybridized carbons (Fsp3) is 0.636. The lowest BCUT2D eigenvalue weighted by molar-refractivity contribution is 0.0680. The van der Waals surface area contributed by atoms with Gasteiger partial charge in [0.2, 0.25) is 0 Å². The van der Waals surface area contributed by atoms with E-state index < -0.39 is 5.97 Å². The molecule has 94 valence electrons. The molecule has 2 rings (SSSR count). The monoisotopic (exact) mass is 239 g/mol. The maximum absolute atomic E-state index is 11.2. The molecule has 0 unspecified atom stereocenters. The van der Waals surface area contributed by atoms with Gasteiger partial charge in [-0.25, -0.2) is 4.79 Å². The molecule has 2 heterocycles. The molecule has 6 nitrogen and oxygen atoms in total. The number of carboxylic acids is 1. The maximum Gasteiger partial charge on any atom is 0.354 e. The minimum Gasteiger partial charge on any atom is -0.477 e. The zero-order valence-corrected chi connectivity index (χ0v) is 9.89. The summed E-state index contributed by atoms with van der Waals surface area (Å²) in [6, 6.07) is 0. The average Bonchev–Trinajstić information content (AvgIpc) is 2.66. The van der Waals surface area contributed by atoms with Crippen molar-refractivity contribution in [3.8, 4) is 0 Å². The lowest BCUT2D eigenvalue weighted by Gasteiger charge is -2.24. The average molecular weight is 239 g/mol. The standard InChI is InChI=1S/C11H17N3O3/c1-2-13-4-3-8-9(7-13)12-14(5-6-15)10(8)11(16)17/h15H,2-7H2,1H3,(H,16,17). The number of aromatic carboxylic acids is 1. The molecule has 2 N–H and O–H groups in total. The molecule has 1 aromatic heterocycles. The predicted molar refractivity (Wildman–Crippen MR) is 60.9 cm³/mol. The van der Waals surface area contributed by atoms with Crippen molar-refractivity contribution in [2.75, 3.05) is 19.7 Å². The van der Waals surface area contributed by atoms with Crippen molar-refractivity contribution in [3.05, 3.63) is 17.0 Å². The van der Waals surface area contributed by atoms with Crippen LogP contribution in [0, 0.1) is 0 Å². The first-order chi connectivity index (χ1) is 8.17. The van der Waals surface area contributed by atoms with Gasteiger partial charge in [-0.05, 0) is 13.0 Å². The third kappa shape index (κ3) is 2.18. The van der Waals surface area contributed by atoms with Gasteiger partial charge in [-0.15, -0.1) is 0 Å². The number of hydrogen-bond donors (Lipinski definition) is 2. The lowest BCUT2D eigenvalue weighted by atomic mass is 10.0. The van der Waals surface area contributed by atoms with Crippen LogP contribution in [0.1, 0.15) is 28.7 Å². The Morgan fingerprint density at radius 1 is 1.53 bits per heavy atom. The Balaban J connectivity index is 2.38. The Hall–Kier alpha value is -1.40. The summed E-state index contributed by atoms with van der Waals surface area (Å²) in [5.41, 5.74) is 1.91. The SMILES string of the molecule is CCN1CCc2c(nn(CCO)c2C(=O)O)C1. The third-order valence-corrected chi connectivity index (χ3v) is 3.15. The summed E-state index contributed by atoms with van der Waals surface area (Å²) in [5.74, 6) is -0.961. The minimum atomic E-state index is -0.961. The molecule has 6 heteroatoms. The van der Waals surface area contributed by atoms with E-state index in [2.05, 4.69) is 16.9 Å². The summed E-state index contributed by atoms with van der Waals surface area (Å²) in [4.78, 5) is 13.5. The van der Waals surface area contributed by atoms with Crippen LogP contribution in [0.4, 0.5) is 0 Å². The normalized spacial score (nSPS) is 15.9. The van der Waals surface area contributed by atoms with Crippen molar-refractivity contribution in [2.24, 2.45) is 0 Å².